The van der Waals surface area contributed by atoms with Gasteiger partial charge < -0.3 is 10.0 Å². The van der Waals surface area contributed by atoms with E-state index in [1.807, 2.05) is 30.3 Å². The van der Waals surface area contributed by atoms with Gasteiger partial charge in [-0.15, -0.1) is 0 Å². The van der Waals surface area contributed by atoms with Crippen molar-refractivity contribution in [1.29, 1.82) is 0 Å². The van der Waals surface area contributed by atoms with Crippen LogP contribution in [0, 0.1) is 11.6 Å². The molecule has 31 heavy (non-hydrogen) atoms. The van der Waals surface area contributed by atoms with Crippen molar-refractivity contribution in [3.63, 3.8) is 0 Å². The van der Waals surface area contributed by atoms with Gasteiger partial charge in [0.25, 0.3) is 11.7 Å². The van der Waals surface area contributed by atoms with E-state index in [-0.39, 0.29) is 17.7 Å². The van der Waals surface area contributed by atoms with Crippen molar-refractivity contribution in [3.8, 4) is 0 Å². The number of rotatable bonds is 5. The molecular formula is C25H19F2NO3. The number of benzene rings is 3. The van der Waals surface area contributed by atoms with Crippen LogP contribution in [-0.2, 0) is 16.0 Å². The molecule has 156 valence electrons. The first kappa shape index (κ1) is 20.5. The van der Waals surface area contributed by atoms with E-state index < -0.39 is 35.1 Å². The Morgan fingerprint density at radius 1 is 0.839 bits per heavy atom. The van der Waals surface area contributed by atoms with Gasteiger partial charge in [0.2, 0.25) is 0 Å². The molecule has 0 aromatic heterocycles. The minimum atomic E-state index is -0.880. The van der Waals surface area contributed by atoms with Gasteiger partial charge in [-0.2, -0.15) is 0 Å². The smallest absolute Gasteiger partial charge is 0.295 e. The van der Waals surface area contributed by atoms with E-state index in [1.165, 1.54) is 41.3 Å². The second-order valence-electron chi connectivity index (χ2n) is 7.29. The fraction of sp³-hybridized carbons (Fsp3) is 0.120. The summed E-state index contributed by atoms with van der Waals surface area (Å²) in [6, 6.07) is 19.1. The van der Waals surface area contributed by atoms with E-state index in [0.717, 1.165) is 17.7 Å². The molecule has 4 nitrogen and oxygen atoms in total. The Kier molecular flexibility index (Phi) is 5.62. The summed E-state index contributed by atoms with van der Waals surface area (Å²) in [5.41, 5.74) is 1.60. The SMILES string of the molecule is O=C1C(=O)N(CCc2ccccc2)C(c2ccc(F)cc2)C1=C(O)c1ccc(F)cc1. The highest BCUT2D eigenvalue weighted by Gasteiger charge is 2.45. The van der Waals surface area contributed by atoms with Gasteiger partial charge >= 0.3 is 0 Å². The summed E-state index contributed by atoms with van der Waals surface area (Å²) < 4.78 is 26.8. The first-order chi connectivity index (χ1) is 15.0. The molecule has 3 aromatic carbocycles. The van der Waals surface area contributed by atoms with E-state index in [0.29, 0.717) is 12.0 Å². The van der Waals surface area contributed by atoms with E-state index in [9.17, 15) is 23.5 Å². The van der Waals surface area contributed by atoms with Crippen molar-refractivity contribution >= 4 is 17.4 Å². The Morgan fingerprint density at radius 3 is 2.03 bits per heavy atom. The van der Waals surface area contributed by atoms with Crippen LogP contribution in [0.1, 0.15) is 22.7 Å². The Balaban J connectivity index is 1.78. The van der Waals surface area contributed by atoms with Crippen molar-refractivity contribution in [2.45, 2.75) is 12.5 Å². The monoisotopic (exact) mass is 419 g/mol. The highest BCUT2D eigenvalue weighted by atomic mass is 19.1. The van der Waals surface area contributed by atoms with Crippen LogP contribution >= 0.6 is 0 Å². The third kappa shape index (κ3) is 4.10. The molecule has 4 rings (SSSR count). The van der Waals surface area contributed by atoms with Crippen LogP contribution in [0.15, 0.2) is 84.4 Å². The lowest BCUT2D eigenvalue weighted by Gasteiger charge is -2.25. The number of aliphatic hydroxyl groups excluding tert-OH is 1. The minimum Gasteiger partial charge on any atom is -0.507 e. The molecule has 1 unspecified atom stereocenters. The summed E-state index contributed by atoms with van der Waals surface area (Å²) in [4.78, 5) is 27.2. The molecule has 1 amide bonds. The van der Waals surface area contributed by atoms with Crippen LogP contribution in [-0.4, -0.2) is 28.2 Å². The second-order valence-corrected chi connectivity index (χ2v) is 7.29. The molecule has 1 atom stereocenters. The first-order valence-electron chi connectivity index (χ1n) is 9.79. The maximum Gasteiger partial charge on any atom is 0.295 e. The third-order valence-corrected chi connectivity index (χ3v) is 5.33. The molecule has 6 heteroatoms. The Hall–Kier alpha value is -3.80. The Bertz CT molecular complexity index is 1140. The number of nitrogens with zero attached hydrogens (tertiary/aromatic N) is 1. The number of amides is 1. The molecule has 3 aromatic rings. The maximum absolute atomic E-state index is 13.5. The molecule has 0 aliphatic carbocycles. The lowest BCUT2D eigenvalue weighted by Crippen LogP contribution is -2.31. The van der Waals surface area contributed by atoms with Gasteiger partial charge in [0.05, 0.1) is 11.6 Å². The third-order valence-electron chi connectivity index (χ3n) is 5.33. The summed E-state index contributed by atoms with van der Waals surface area (Å²) in [7, 11) is 0. The number of carbonyl (C=O) groups excluding carboxylic acids is 2. The molecule has 0 saturated carbocycles. The van der Waals surface area contributed by atoms with Crippen molar-refractivity contribution in [2.75, 3.05) is 6.54 Å². The zero-order chi connectivity index (χ0) is 22.0. The molecule has 1 heterocycles. The van der Waals surface area contributed by atoms with Crippen LogP contribution in [0.25, 0.3) is 5.76 Å². The molecule has 0 spiro atoms. The van der Waals surface area contributed by atoms with Crippen molar-refractivity contribution in [2.24, 2.45) is 0 Å². The topological polar surface area (TPSA) is 57.6 Å². The molecule has 1 fully saturated rings. The van der Waals surface area contributed by atoms with Gasteiger partial charge in [0.15, 0.2) is 0 Å². The lowest BCUT2D eigenvalue weighted by molar-refractivity contribution is -0.139. The Morgan fingerprint density at radius 2 is 1.42 bits per heavy atom. The zero-order valence-corrected chi connectivity index (χ0v) is 16.5. The van der Waals surface area contributed by atoms with Gasteiger partial charge in [0, 0.05) is 12.1 Å². The molecule has 1 aliphatic heterocycles. The number of ketones is 1. The average molecular weight is 419 g/mol. The van der Waals surface area contributed by atoms with Crippen LogP contribution < -0.4 is 0 Å². The number of hydrogen-bond donors (Lipinski definition) is 1. The Labute approximate surface area is 178 Å². The maximum atomic E-state index is 13.5. The minimum absolute atomic E-state index is 0.101. The largest absolute Gasteiger partial charge is 0.507 e. The van der Waals surface area contributed by atoms with Gasteiger partial charge in [-0.3, -0.25) is 9.59 Å². The van der Waals surface area contributed by atoms with Crippen molar-refractivity contribution in [1.82, 2.24) is 4.90 Å². The quantitative estimate of drug-likeness (QED) is 0.373. The lowest BCUT2D eigenvalue weighted by atomic mass is 9.95. The first-order valence-corrected chi connectivity index (χ1v) is 9.79. The second kappa shape index (κ2) is 8.52. The van der Waals surface area contributed by atoms with Gasteiger partial charge in [-0.25, -0.2) is 8.78 Å². The van der Waals surface area contributed by atoms with Crippen LogP contribution in [0.4, 0.5) is 8.78 Å². The van der Waals surface area contributed by atoms with Gasteiger partial charge in [-0.05, 0) is 53.9 Å². The molecule has 0 bridgehead atoms. The summed E-state index contributed by atoms with van der Waals surface area (Å²) in [5, 5.41) is 10.9. The number of Topliss-reactive ketones (excluding diaryl/α,β-unsaturated/α-hetero) is 1. The predicted octanol–water partition coefficient (Wildman–Crippen LogP) is 4.63. The highest BCUT2D eigenvalue weighted by Crippen LogP contribution is 2.39. The molecule has 1 saturated heterocycles. The number of likely N-dealkylation sites (tertiary alicyclic amines) is 1. The van der Waals surface area contributed by atoms with Crippen LogP contribution in [0.5, 0.6) is 0 Å². The number of hydrogen-bond acceptors (Lipinski definition) is 3. The summed E-state index contributed by atoms with van der Waals surface area (Å²) in [5.74, 6) is -2.91. The zero-order valence-electron chi connectivity index (χ0n) is 16.5. The fourth-order valence-corrected chi connectivity index (χ4v) is 3.76. The average Bonchev–Trinajstić information content (AvgIpc) is 3.04. The number of halogens is 2. The van der Waals surface area contributed by atoms with E-state index in [1.54, 1.807) is 0 Å². The predicted molar refractivity (Wildman–Crippen MR) is 112 cm³/mol. The van der Waals surface area contributed by atoms with Crippen molar-refractivity contribution < 1.29 is 23.5 Å². The van der Waals surface area contributed by atoms with E-state index >= 15 is 0 Å². The number of carbonyl (C=O) groups is 2. The summed E-state index contributed by atoms with van der Waals surface area (Å²) in [6.45, 7) is 0.233. The molecular weight excluding hydrogens is 400 g/mol. The molecule has 0 radical (unpaired) electrons. The van der Waals surface area contributed by atoms with E-state index in [4.69, 9.17) is 0 Å². The van der Waals surface area contributed by atoms with E-state index in [2.05, 4.69) is 0 Å². The molecule has 1 aliphatic rings. The standard InChI is InChI=1S/C25H19F2NO3/c26-19-10-6-17(7-11-19)22-21(23(29)18-8-12-20(27)13-9-18)24(30)25(31)28(22)15-14-16-4-2-1-3-5-16/h1-13,22,29H,14-15H2. The molecule has 1 N–H and O–H groups in total. The summed E-state index contributed by atoms with van der Waals surface area (Å²) >= 11 is 0. The highest BCUT2D eigenvalue weighted by molar-refractivity contribution is 6.46. The van der Waals surface area contributed by atoms with Crippen LogP contribution in [0.3, 0.4) is 0 Å². The summed E-state index contributed by atoms with van der Waals surface area (Å²) in [6.07, 6.45) is 0.502. The van der Waals surface area contributed by atoms with Gasteiger partial charge in [0.1, 0.15) is 17.4 Å². The number of aliphatic hydroxyl groups is 1. The van der Waals surface area contributed by atoms with Gasteiger partial charge in [-0.1, -0.05) is 42.5 Å². The van der Waals surface area contributed by atoms with Crippen LogP contribution in [0.2, 0.25) is 0 Å². The van der Waals surface area contributed by atoms with Crippen molar-refractivity contribution in [3.05, 3.63) is 113 Å². The normalized spacial score (nSPS) is 17.9. The fourth-order valence-electron chi connectivity index (χ4n) is 3.76.